The lowest BCUT2D eigenvalue weighted by Crippen LogP contribution is -2.41. The average molecular weight is 290 g/mol. The molecule has 114 valence electrons. The predicted octanol–water partition coefficient (Wildman–Crippen LogP) is 0.883. The van der Waals surface area contributed by atoms with Crippen molar-refractivity contribution >= 4 is 17.5 Å². The number of aromatic nitrogens is 1. The first-order valence-electron chi connectivity index (χ1n) is 7.28. The van der Waals surface area contributed by atoms with E-state index in [0.717, 1.165) is 25.3 Å². The van der Waals surface area contributed by atoms with Gasteiger partial charge in [-0.2, -0.15) is 0 Å². The van der Waals surface area contributed by atoms with Crippen molar-refractivity contribution in [3.63, 3.8) is 0 Å². The Morgan fingerprint density at radius 3 is 2.67 bits per heavy atom. The third kappa shape index (κ3) is 4.53. The molecular weight excluding hydrogens is 268 g/mol. The third-order valence-electron chi connectivity index (χ3n) is 3.66. The second-order valence-corrected chi connectivity index (χ2v) is 5.42. The van der Waals surface area contributed by atoms with Crippen LogP contribution in [0.2, 0.25) is 0 Å². The normalized spacial score (nSPS) is 15.0. The molecule has 1 aromatic heterocycles. The van der Waals surface area contributed by atoms with Gasteiger partial charge in [-0.1, -0.05) is 0 Å². The van der Waals surface area contributed by atoms with E-state index in [1.807, 2.05) is 6.92 Å². The average Bonchev–Trinajstić information content (AvgIpc) is 2.99. The van der Waals surface area contributed by atoms with Crippen LogP contribution in [0.1, 0.15) is 18.5 Å². The summed E-state index contributed by atoms with van der Waals surface area (Å²) in [6.07, 6.45) is 3.99. The topological polar surface area (TPSA) is 65.5 Å². The zero-order valence-corrected chi connectivity index (χ0v) is 12.6. The highest BCUT2D eigenvalue weighted by Gasteiger charge is 2.20. The van der Waals surface area contributed by atoms with Crippen LogP contribution in [0, 0.1) is 6.92 Å². The number of nitrogens with one attached hydrogen (secondary N) is 1. The van der Waals surface area contributed by atoms with E-state index in [4.69, 9.17) is 0 Å². The molecule has 0 radical (unpaired) electrons. The summed E-state index contributed by atoms with van der Waals surface area (Å²) in [5, 5.41) is 2.57. The number of aryl methyl sites for hydroxylation is 1. The van der Waals surface area contributed by atoms with E-state index < -0.39 is 11.8 Å². The summed E-state index contributed by atoms with van der Waals surface area (Å²) < 4.78 is 0. The summed E-state index contributed by atoms with van der Waals surface area (Å²) in [7, 11) is 1.66. The van der Waals surface area contributed by atoms with E-state index in [0.29, 0.717) is 12.2 Å². The fourth-order valence-electron chi connectivity index (χ4n) is 2.30. The van der Waals surface area contributed by atoms with E-state index in [2.05, 4.69) is 15.2 Å². The molecule has 0 saturated carbocycles. The minimum Gasteiger partial charge on any atom is -0.336 e. The molecule has 0 spiro atoms. The molecule has 21 heavy (non-hydrogen) atoms. The number of carbonyl (C=O) groups excluding carboxylic acids is 2. The second kappa shape index (κ2) is 7.17. The van der Waals surface area contributed by atoms with Crippen LogP contribution in [-0.2, 0) is 9.59 Å². The van der Waals surface area contributed by atoms with Crippen LogP contribution >= 0.6 is 0 Å². The van der Waals surface area contributed by atoms with Crippen molar-refractivity contribution in [2.24, 2.45) is 0 Å². The van der Waals surface area contributed by atoms with Gasteiger partial charge in [-0.15, -0.1) is 0 Å². The highest BCUT2D eigenvalue weighted by atomic mass is 16.2. The van der Waals surface area contributed by atoms with Crippen molar-refractivity contribution in [2.75, 3.05) is 38.5 Å². The van der Waals surface area contributed by atoms with Crippen molar-refractivity contribution in [1.82, 2.24) is 14.8 Å². The van der Waals surface area contributed by atoms with Gasteiger partial charge in [0.2, 0.25) is 0 Å². The molecule has 0 aromatic carbocycles. The van der Waals surface area contributed by atoms with E-state index in [9.17, 15) is 9.59 Å². The third-order valence-corrected chi connectivity index (χ3v) is 3.66. The van der Waals surface area contributed by atoms with Crippen LogP contribution in [0.25, 0.3) is 0 Å². The fourth-order valence-corrected chi connectivity index (χ4v) is 2.30. The van der Waals surface area contributed by atoms with Gasteiger partial charge in [0.1, 0.15) is 0 Å². The Hall–Kier alpha value is -1.95. The molecule has 1 saturated heterocycles. The summed E-state index contributed by atoms with van der Waals surface area (Å²) in [6, 6.07) is 3.52. The van der Waals surface area contributed by atoms with Crippen LogP contribution < -0.4 is 5.32 Å². The number of carbonyl (C=O) groups is 2. The molecule has 1 fully saturated rings. The maximum Gasteiger partial charge on any atom is 0.313 e. The van der Waals surface area contributed by atoms with E-state index in [-0.39, 0.29) is 0 Å². The molecule has 0 bridgehead atoms. The number of likely N-dealkylation sites (N-methyl/N-ethyl adjacent to an activating group) is 1. The second-order valence-electron chi connectivity index (χ2n) is 5.42. The van der Waals surface area contributed by atoms with E-state index in [1.165, 1.54) is 17.7 Å². The standard InChI is InChI=1S/C15H22N4O2/c1-12-5-6-13(11-16-12)17-14(20)15(21)18(2)9-10-19-7-3-4-8-19/h5-6,11H,3-4,7-10H2,1-2H3,(H,17,20). The molecular formula is C15H22N4O2. The number of pyridine rings is 1. The van der Waals surface area contributed by atoms with Gasteiger partial charge in [0.05, 0.1) is 11.9 Å². The molecule has 0 aliphatic carbocycles. The minimum absolute atomic E-state index is 0.519. The number of nitrogens with zero attached hydrogens (tertiary/aromatic N) is 3. The maximum atomic E-state index is 12.0. The molecule has 1 aliphatic heterocycles. The van der Waals surface area contributed by atoms with Gasteiger partial charge in [-0.05, 0) is 45.0 Å². The summed E-state index contributed by atoms with van der Waals surface area (Å²) >= 11 is 0. The van der Waals surface area contributed by atoms with Gasteiger partial charge in [0.15, 0.2) is 0 Å². The van der Waals surface area contributed by atoms with E-state index >= 15 is 0 Å². The van der Waals surface area contributed by atoms with Gasteiger partial charge < -0.3 is 15.1 Å². The lowest BCUT2D eigenvalue weighted by Gasteiger charge is -2.21. The first-order valence-corrected chi connectivity index (χ1v) is 7.28. The Morgan fingerprint density at radius 1 is 1.33 bits per heavy atom. The van der Waals surface area contributed by atoms with Crippen LogP contribution in [0.4, 0.5) is 5.69 Å². The molecule has 0 unspecified atom stereocenters. The van der Waals surface area contributed by atoms with Gasteiger partial charge in [0, 0.05) is 25.8 Å². The number of hydrogen-bond acceptors (Lipinski definition) is 4. The Morgan fingerprint density at radius 2 is 2.05 bits per heavy atom. The van der Waals surface area contributed by atoms with Crippen LogP contribution in [0.3, 0.4) is 0 Å². The number of likely N-dealkylation sites (tertiary alicyclic amines) is 1. The van der Waals surface area contributed by atoms with Crippen LogP contribution in [-0.4, -0.2) is 59.8 Å². The van der Waals surface area contributed by atoms with Gasteiger partial charge >= 0.3 is 11.8 Å². The number of hydrogen-bond donors (Lipinski definition) is 1. The van der Waals surface area contributed by atoms with Crippen molar-refractivity contribution < 1.29 is 9.59 Å². The molecule has 1 N–H and O–H groups in total. The summed E-state index contributed by atoms with van der Waals surface area (Å²) in [5.41, 5.74) is 1.40. The summed E-state index contributed by atoms with van der Waals surface area (Å²) in [4.78, 5) is 31.7. The Kier molecular flexibility index (Phi) is 5.27. The lowest BCUT2D eigenvalue weighted by atomic mass is 10.3. The van der Waals surface area contributed by atoms with E-state index in [1.54, 1.807) is 25.4 Å². The Labute approximate surface area is 125 Å². The molecule has 1 aliphatic rings. The largest absolute Gasteiger partial charge is 0.336 e. The molecule has 6 heteroatoms. The first-order chi connectivity index (χ1) is 10.1. The molecule has 6 nitrogen and oxygen atoms in total. The predicted molar refractivity (Wildman–Crippen MR) is 80.9 cm³/mol. The molecule has 1 aromatic rings. The van der Waals surface area contributed by atoms with Gasteiger partial charge in [-0.3, -0.25) is 14.6 Å². The number of rotatable bonds is 4. The number of anilines is 1. The van der Waals surface area contributed by atoms with Crippen molar-refractivity contribution in [3.05, 3.63) is 24.0 Å². The van der Waals surface area contributed by atoms with Crippen LogP contribution in [0.5, 0.6) is 0 Å². The van der Waals surface area contributed by atoms with Gasteiger partial charge in [0.25, 0.3) is 0 Å². The highest BCUT2D eigenvalue weighted by molar-refractivity contribution is 6.39. The monoisotopic (exact) mass is 290 g/mol. The molecule has 2 amide bonds. The SMILES string of the molecule is Cc1ccc(NC(=O)C(=O)N(C)CCN2CCCC2)cn1. The molecule has 2 rings (SSSR count). The Balaban J connectivity index is 1.80. The fraction of sp³-hybridized carbons (Fsp3) is 0.533. The lowest BCUT2D eigenvalue weighted by molar-refractivity contribution is -0.142. The summed E-state index contributed by atoms with van der Waals surface area (Å²) in [6.45, 7) is 5.43. The van der Waals surface area contributed by atoms with Gasteiger partial charge in [-0.25, -0.2) is 0 Å². The smallest absolute Gasteiger partial charge is 0.313 e. The van der Waals surface area contributed by atoms with Crippen molar-refractivity contribution in [2.45, 2.75) is 19.8 Å². The molecule has 0 atom stereocenters. The Bertz CT molecular complexity index is 495. The zero-order valence-electron chi connectivity index (χ0n) is 12.6. The molecule has 2 heterocycles. The van der Waals surface area contributed by atoms with Crippen molar-refractivity contribution in [1.29, 1.82) is 0 Å². The quantitative estimate of drug-likeness (QED) is 0.836. The minimum atomic E-state index is -0.621. The zero-order chi connectivity index (χ0) is 15.2. The highest BCUT2D eigenvalue weighted by Crippen LogP contribution is 2.07. The number of amides is 2. The first kappa shape index (κ1) is 15.4. The van der Waals surface area contributed by atoms with Crippen LogP contribution in [0.15, 0.2) is 18.3 Å². The maximum absolute atomic E-state index is 12.0. The van der Waals surface area contributed by atoms with Crippen molar-refractivity contribution in [3.8, 4) is 0 Å². The summed E-state index contributed by atoms with van der Waals surface area (Å²) in [5.74, 6) is -1.14.